The number of carbonyl (C=O) groups is 2. The minimum Gasteiger partial charge on any atom is -0.347 e. The van der Waals surface area contributed by atoms with Crippen LogP contribution >= 0.6 is 27.3 Å². The van der Waals surface area contributed by atoms with Crippen LogP contribution < -0.4 is 10.6 Å². The number of nitrogens with zero attached hydrogens (tertiary/aromatic N) is 1. The van der Waals surface area contributed by atoms with Crippen LogP contribution in [0.3, 0.4) is 0 Å². The standard InChI is InChI=1S/C26H30BrN3O4S2/c27-22-7-8-23(35-22)36(33,34)30-9-1-2-21(30)25(32)28-20-5-3-19(4-6-20)24(31)29-26-13-16-10-17(14-26)12-18(11-16)15-26/h3-8,16-18,21H,1-2,9-15H2,(H,28,32)(H,29,31)/t16?,17?,18?,21-,26?/m1/s1. The first-order valence-corrected chi connectivity index (χ1v) is 15.8. The molecule has 2 amide bonds. The smallest absolute Gasteiger partial charge is 0.253 e. The zero-order valence-corrected chi connectivity index (χ0v) is 23.1. The van der Waals surface area contributed by atoms with E-state index in [0.29, 0.717) is 30.6 Å². The number of sulfonamides is 1. The first kappa shape index (κ1) is 24.6. The van der Waals surface area contributed by atoms with Gasteiger partial charge in [0.2, 0.25) is 5.91 Å². The van der Waals surface area contributed by atoms with Crippen LogP contribution in [-0.2, 0) is 14.8 Å². The van der Waals surface area contributed by atoms with Gasteiger partial charge in [0, 0.05) is 23.3 Å². The quantitative estimate of drug-likeness (QED) is 0.494. The second-order valence-electron chi connectivity index (χ2n) is 11.1. The van der Waals surface area contributed by atoms with E-state index in [-0.39, 0.29) is 21.6 Å². The number of carbonyl (C=O) groups excluding carboxylic acids is 2. The van der Waals surface area contributed by atoms with Gasteiger partial charge >= 0.3 is 0 Å². The Morgan fingerprint density at radius 1 is 0.972 bits per heavy atom. The van der Waals surface area contributed by atoms with E-state index in [9.17, 15) is 18.0 Å². The molecule has 4 bridgehead atoms. The van der Waals surface area contributed by atoms with Crippen molar-refractivity contribution in [3.05, 3.63) is 45.7 Å². The zero-order valence-electron chi connectivity index (χ0n) is 19.9. The predicted octanol–water partition coefficient (Wildman–Crippen LogP) is 5.00. The maximum Gasteiger partial charge on any atom is 0.253 e. The van der Waals surface area contributed by atoms with Gasteiger partial charge in [0.25, 0.3) is 15.9 Å². The van der Waals surface area contributed by atoms with Crippen LogP contribution in [0, 0.1) is 17.8 Å². The van der Waals surface area contributed by atoms with Crippen molar-refractivity contribution >= 4 is 54.8 Å². The van der Waals surface area contributed by atoms with E-state index < -0.39 is 16.1 Å². The van der Waals surface area contributed by atoms with Crippen LogP contribution in [-0.4, -0.2) is 42.7 Å². The topological polar surface area (TPSA) is 95.6 Å². The average Bonchev–Trinajstić information content (AvgIpc) is 3.48. The van der Waals surface area contributed by atoms with Crippen molar-refractivity contribution in [3.63, 3.8) is 0 Å². The van der Waals surface area contributed by atoms with Crippen LogP contribution in [0.1, 0.15) is 61.7 Å². The highest BCUT2D eigenvalue weighted by atomic mass is 79.9. The van der Waals surface area contributed by atoms with Gasteiger partial charge in [-0.2, -0.15) is 4.31 Å². The summed E-state index contributed by atoms with van der Waals surface area (Å²) in [5.41, 5.74) is 1.08. The first-order valence-electron chi connectivity index (χ1n) is 12.7. The number of hydrogen-bond acceptors (Lipinski definition) is 5. The predicted molar refractivity (Wildman–Crippen MR) is 142 cm³/mol. The fraction of sp³-hybridized carbons (Fsp3) is 0.538. The number of hydrogen-bond donors (Lipinski definition) is 2. The van der Waals surface area contributed by atoms with Crippen LogP contribution in [0.4, 0.5) is 5.69 Å². The summed E-state index contributed by atoms with van der Waals surface area (Å²) in [5, 5.41) is 6.24. The van der Waals surface area contributed by atoms with Gasteiger partial charge in [-0.25, -0.2) is 8.42 Å². The van der Waals surface area contributed by atoms with Gasteiger partial charge < -0.3 is 10.6 Å². The lowest BCUT2D eigenvalue weighted by Gasteiger charge is -2.56. The molecule has 1 aromatic carbocycles. The third-order valence-electron chi connectivity index (χ3n) is 8.45. The third-order valence-corrected chi connectivity index (χ3v) is 12.4. The lowest BCUT2D eigenvalue weighted by Crippen LogP contribution is -2.59. The van der Waals surface area contributed by atoms with Crippen LogP contribution in [0.5, 0.6) is 0 Å². The minimum atomic E-state index is -3.74. The molecule has 0 spiro atoms. The van der Waals surface area contributed by atoms with Crippen LogP contribution in [0.15, 0.2) is 44.4 Å². The Morgan fingerprint density at radius 2 is 1.61 bits per heavy atom. The summed E-state index contributed by atoms with van der Waals surface area (Å²) >= 11 is 4.45. The molecule has 10 heteroatoms. The van der Waals surface area contributed by atoms with Crippen molar-refractivity contribution in [2.24, 2.45) is 17.8 Å². The lowest BCUT2D eigenvalue weighted by molar-refractivity contribution is -0.119. The summed E-state index contributed by atoms with van der Waals surface area (Å²) in [6.45, 7) is 0.319. The Kier molecular flexibility index (Phi) is 6.29. The average molecular weight is 593 g/mol. The number of benzene rings is 1. The molecule has 0 unspecified atom stereocenters. The summed E-state index contributed by atoms with van der Waals surface area (Å²) < 4.78 is 28.4. The highest BCUT2D eigenvalue weighted by molar-refractivity contribution is 9.11. The SMILES string of the molecule is O=C(NC12CC3CC(CC(C3)C1)C2)c1ccc(NC(=O)[C@H]2CCCN2S(=O)(=O)c2ccc(Br)s2)cc1. The van der Waals surface area contributed by atoms with E-state index in [2.05, 4.69) is 26.6 Å². The Bertz CT molecular complexity index is 1260. The molecular weight excluding hydrogens is 562 g/mol. The van der Waals surface area contributed by atoms with Crippen molar-refractivity contribution in [1.82, 2.24) is 9.62 Å². The summed E-state index contributed by atoms with van der Waals surface area (Å²) in [5.74, 6) is 1.88. The number of anilines is 1. The molecule has 4 aliphatic carbocycles. The molecule has 1 aliphatic heterocycles. The second-order valence-corrected chi connectivity index (χ2v) is 15.6. The van der Waals surface area contributed by atoms with Crippen LogP contribution in [0.25, 0.3) is 0 Å². The summed E-state index contributed by atoms with van der Waals surface area (Å²) in [6.07, 6.45) is 8.39. The van der Waals surface area contributed by atoms with Crippen molar-refractivity contribution in [1.29, 1.82) is 0 Å². The lowest BCUT2D eigenvalue weighted by atomic mass is 9.53. The number of thiophene rings is 1. The number of nitrogens with one attached hydrogen (secondary N) is 2. The molecule has 7 rings (SSSR count). The summed E-state index contributed by atoms with van der Waals surface area (Å²) in [7, 11) is -3.74. The largest absolute Gasteiger partial charge is 0.347 e. The number of halogens is 1. The molecule has 36 heavy (non-hydrogen) atoms. The highest BCUT2D eigenvalue weighted by Crippen LogP contribution is 2.55. The van der Waals surface area contributed by atoms with E-state index >= 15 is 0 Å². The number of rotatable bonds is 6. The maximum atomic E-state index is 13.1. The molecule has 2 aromatic rings. The molecular formula is C26H30BrN3O4S2. The van der Waals surface area contributed by atoms with Crippen molar-refractivity contribution in [2.45, 2.75) is 67.2 Å². The molecule has 7 nitrogen and oxygen atoms in total. The Labute approximate surface area is 224 Å². The molecule has 1 saturated heterocycles. The van der Waals surface area contributed by atoms with Gasteiger partial charge in [-0.3, -0.25) is 9.59 Å². The Hall–Kier alpha value is -1.75. The van der Waals surface area contributed by atoms with Gasteiger partial charge in [0.05, 0.1) is 3.79 Å². The van der Waals surface area contributed by atoms with Gasteiger partial charge in [-0.15, -0.1) is 11.3 Å². The third kappa shape index (κ3) is 4.54. The highest BCUT2D eigenvalue weighted by Gasteiger charge is 2.51. The first-order chi connectivity index (χ1) is 17.2. The summed E-state index contributed by atoms with van der Waals surface area (Å²) in [6, 6.07) is 9.41. The molecule has 2 N–H and O–H groups in total. The van der Waals surface area contributed by atoms with Gasteiger partial charge in [-0.1, -0.05) is 0 Å². The molecule has 1 aromatic heterocycles. The van der Waals surface area contributed by atoms with E-state index in [1.165, 1.54) is 23.6 Å². The molecule has 0 radical (unpaired) electrons. The monoisotopic (exact) mass is 591 g/mol. The fourth-order valence-corrected chi connectivity index (χ4v) is 11.1. The number of amides is 2. The van der Waals surface area contributed by atoms with Crippen molar-refractivity contribution in [3.8, 4) is 0 Å². The van der Waals surface area contributed by atoms with Gasteiger partial charge in [-0.05, 0) is 121 Å². The molecule has 192 valence electrons. The Balaban J connectivity index is 1.10. The van der Waals surface area contributed by atoms with Gasteiger partial charge in [0.15, 0.2) is 0 Å². The van der Waals surface area contributed by atoms with Crippen LogP contribution in [0.2, 0.25) is 0 Å². The normalized spacial score (nSPS) is 31.5. The minimum absolute atomic E-state index is 0.0473. The molecule has 1 atom stereocenters. The zero-order chi connectivity index (χ0) is 25.1. The summed E-state index contributed by atoms with van der Waals surface area (Å²) in [4.78, 5) is 26.1. The molecule has 5 aliphatic rings. The van der Waals surface area contributed by atoms with Crippen molar-refractivity contribution < 1.29 is 18.0 Å². The molecule has 4 saturated carbocycles. The Morgan fingerprint density at radius 3 is 2.19 bits per heavy atom. The molecule has 2 heterocycles. The molecule has 5 fully saturated rings. The van der Waals surface area contributed by atoms with E-state index in [1.54, 1.807) is 36.4 Å². The second kappa shape index (κ2) is 9.22. The van der Waals surface area contributed by atoms with Crippen molar-refractivity contribution in [2.75, 3.05) is 11.9 Å². The van der Waals surface area contributed by atoms with E-state index in [0.717, 1.165) is 52.1 Å². The van der Waals surface area contributed by atoms with E-state index in [4.69, 9.17) is 0 Å². The maximum absolute atomic E-state index is 13.1. The van der Waals surface area contributed by atoms with E-state index in [1.807, 2.05) is 0 Å². The van der Waals surface area contributed by atoms with Gasteiger partial charge in [0.1, 0.15) is 10.3 Å². The fourth-order valence-electron chi connectivity index (χ4n) is 7.35.